The molecule has 0 bridgehead atoms. The Balaban J connectivity index is 2.40. The van der Waals surface area contributed by atoms with Gasteiger partial charge in [0.05, 0.1) is 10.6 Å². The van der Waals surface area contributed by atoms with Gasteiger partial charge in [0.2, 0.25) is 0 Å². The Morgan fingerprint density at radius 1 is 1.43 bits per heavy atom. The number of halogens is 1. The highest BCUT2D eigenvalue weighted by molar-refractivity contribution is 9.11. The molecule has 0 fully saturated rings. The Kier molecular flexibility index (Phi) is 4.29. The minimum absolute atomic E-state index is 0.0363. The number of nitrogens with two attached hydrogens (primary N) is 1. The first kappa shape index (κ1) is 15.1. The Morgan fingerprint density at radius 2 is 2.14 bits per heavy atom. The topological polar surface area (TPSA) is 128 Å². The fourth-order valence-corrected chi connectivity index (χ4v) is 2.59. The van der Waals surface area contributed by atoms with E-state index in [1.807, 2.05) is 0 Å². The van der Waals surface area contributed by atoms with Gasteiger partial charge in [0.15, 0.2) is 3.92 Å². The van der Waals surface area contributed by atoms with Crippen LogP contribution < -0.4 is 11.1 Å². The minimum Gasteiger partial charge on any atom is -0.365 e. The van der Waals surface area contributed by atoms with Gasteiger partial charge < -0.3 is 11.1 Å². The molecule has 1 aromatic carbocycles. The van der Waals surface area contributed by atoms with Gasteiger partial charge in [-0.2, -0.15) is 0 Å². The number of nitro benzene ring substituents is 1. The lowest BCUT2D eigenvalue weighted by Crippen LogP contribution is -2.19. The molecule has 8 nitrogen and oxygen atoms in total. The highest BCUT2D eigenvalue weighted by atomic mass is 79.9. The fourth-order valence-electron chi connectivity index (χ4n) is 1.60. The molecule has 0 saturated heterocycles. The zero-order chi connectivity index (χ0) is 15.6. The monoisotopic (exact) mass is 370 g/mol. The summed E-state index contributed by atoms with van der Waals surface area (Å²) in [6, 6.07) is 3.83. The number of hydrogen-bond donors (Lipinski definition) is 2. The van der Waals surface area contributed by atoms with Crippen LogP contribution in [0, 0.1) is 10.1 Å². The number of nitro groups is 1. The van der Waals surface area contributed by atoms with Crippen molar-refractivity contribution >= 4 is 50.5 Å². The lowest BCUT2D eigenvalue weighted by molar-refractivity contribution is -0.385. The maximum Gasteiger partial charge on any atom is 0.284 e. The van der Waals surface area contributed by atoms with Gasteiger partial charge in [-0.25, -0.2) is 4.98 Å². The predicted molar refractivity (Wildman–Crippen MR) is 79.4 cm³/mol. The number of nitrogens with one attached hydrogen (secondary N) is 1. The zero-order valence-electron chi connectivity index (χ0n) is 10.2. The summed E-state index contributed by atoms with van der Waals surface area (Å²) < 4.78 is 0.516. The number of rotatable bonds is 4. The van der Waals surface area contributed by atoms with Crippen molar-refractivity contribution in [3.8, 4) is 0 Å². The summed E-state index contributed by atoms with van der Waals surface area (Å²) >= 11 is 4.32. The number of primary amides is 1. The van der Waals surface area contributed by atoms with Gasteiger partial charge in [-0.3, -0.25) is 19.7 Å². The Morgan fingerprint density at radius 3 is 2.67 bits per heavy atom. The first-order valence-corrected chi connectivity index (χ1v) is 7.07. The van der Waals surface area contributed by atoms with Gasteiger partial charge in [-0.05, 0) is 22.0 Å². The fraction of sp³-hybridized carbons (Fsp3) is 0. The standard InChI is InChI=1S/C11H7BrN4O4S/c12-11-15-6(4-21-11)10(18)14-5-2-1-3-7(16(19)20)8(5)9(13)17/h1-4H,(H2,13,17)(H,14,18). The van der Waals surface area contributed by atoms with Crippen LogP contribution in [-0.2, 0) is 0 Å². The first-order valence-electron chi connectivity index (χ1n) is 5.39. The van der Waals surface area contributed by atoms with Crippen molar-refractivity contribution in [3.05, 3.63) is 48.9 Å². The molecule has 0 aliphatic rings. The molecule has 0 aliphatic heterocycles. The molecule has 0 unspecified atom stereocenters. The van der Waals surface area contributed by atoms with Crippen LogP contribution in [0.25, 0.3) is 0 Å². The summed E-state index contributed by atoms with van der Waals surface area (Å²) in [4.78, 5) is 37.5. The van der Waals surface area contributed by atoms with E-state index < -0.39 is 22.4 Å². The smallest absolute Gasteiger partial charge is 0.284 e. The molecular formula is C11H7BrN4O4S. The van der Waals surface area contributed by atoms with Crippen molar-refractivity contribution in [3.63, 3.8) is 0 Å². The summed E-state index contributed by atoms with van der Waals surface area (Å²) in [5.41, 5.74) is 4.41. The number of anilines is 1. The second-order valence-electron chi connectivity index (χ2n) is 3.76. The number of carbonyl (C=O) groups is 2. The Bertz CT molecular complexity index is 746. The van der Waals surface area contributed by atoms with Crippen LogP contribution in [-0.4, -0.2) is 21.7 Å². The van der Waals surface area contributed by atoms with Crippen LogP contribution in [0.1, 0.15) is 20.8 Å². The molecular weight excluding hydrogens is 364 g/mol. The maximum absolute atomic E-state index is 12.0. The quantitative estimate of drug-likeness (QED) is 0.629. The molecule has 0 saturated carbocycles. The van der Waals surface area contributed by atoms with E-state index in [1.165, 1.54) is 28.8 Å². The van der Waals surface area contributed by atoms with Crippen LogP contribution in [0.2, 0.25) is 0 Å². The Labute approximate surface area is 130 Å². The van der Waals surface area contributed by atoms with E-state index in [4.69, 9.17) is 5.73 Å². The number of nitrogens with zero attached hydrogens (tertiary/aromatic N) is 2. The van der Waals surface area contributed by atoms with Gasteiger partial charge in [0.1, 0.15) is 11.3 Å². The van der Waals surface area contributed by atoms with Crippen LogP contribution in [0.3, 0.4) is 0 Å². The average molecular weight is 371 g/mol. The van der Waals surface area contributed by atoms with Gasteiger partial charge in [-0.15, -0.1) is 11.3 Å². The van der Waals surface area contributed by atoms with E-state index >= 15 is 0 Å². The molecule has 3 N–H and O–H groups in total. The summed E-state index contributed by atoms with van der Waals surface area (Å²) in [6.45, 7) is 0. The van der Waals surface area contributed by atoms with E-state index in [-0.39, 0.29) is 16.9 Å². The van der Waals surface area contributed by atoms with Crippen molar-refractivity contribution in [2.45, 2.75) is 0 Å². The molecule has 21 heavy (non-hydrogen) atoms. The van der Waals surface area contributed by atoms with Crippen molar-refractivity contribution in [2.24, 2.45) is 5.73 Å². The number of aromatic nitrogens is 1. The molecule has 0 aliphatic carbocycles. The number of amides is 2. The minimum atomic E-state index is -1.00. The summed E-state index contributed by atoms with van der Waals surface area (Å²) in [7, 11) is 0. The van der Waals surface area contributed by atoms with Crippen molar-refractivity contribution < 1.29 is 14.5 Å². The third-order valence-corrected chi connectivity index (χ3v) is 3.81. The van der Waals surface area contributed by atoms with Crippen LogP contribution in [0.5, 0.6) is 0 Å². The molecule has 0 radical (unpaired) electrons. The van der Waals surface area contributed by atoms with E-state index in [2.05, 4.69) is 26.2 Å². The lowest BCUT2D eigenvalue weighted by Gasteiger charge is -2.08. The van der Waals surface area contributed by atoms with Gasteiger partial charge in [-0.1, -0.05) is 6.07 Å². The number of thiazole rings is 1. The summed E-state index contributed by atoms with van der Waals surface area (Å²) in [5.74, 6) is -1.60. The number of hydrogen-bond acceptors (Lipinski definition) is 6. The van der Waals surface area contributed by atoms with E-state index in [0.29, 0.717) is 3.92 Å². The predicted octanol–water partition coefficient (Wildman–Crippen LogP) is 2.17. The van der Waals surface area contributed by atoms with E-state index in [0.717, 1.165) is 6.07 Å². The Hall–Kier alpha value is -2.33. The highest BCUT2D eigenvalue weighted by Gasteiger charge is 2.23. The summed E-state index contributed by atoms with van der Waals surface area (Å²) in [6.07, 6.45) is 0. The molecule has 10 heteroatoms. The second-order valence-corrected chi connectivity index (χ2v) is 5.90. The lowest BCUT2D eigenvalue weighted by atomic mass is 10.1. The van der Waals surface area contributed by atoms with Crippen LogP contribution >= 0.6 is 27.3 Å². The molecule has 2 aromatic rings. The number of benzene rings is 1. The van der Waals surface area contributed by atoms with Crippen LogP contribution in [0.4, 0.5) is 11.4 Å². The second kappa shape index (κ2) is 5.97. The molecule has 0 spiro atoms. The molecule has 0 atom stereocenters. The van der Waals surface area contributed by atoms with Crippen LogP contribution in [0.15, 0.2) is 27.5 Å². The third-order valence-electron chi connectivity index (χ3n) is 2.44. The molecule has 108 valence electrons. The molecule has 1 heterocycles. The van der Waals surface area contributed by atoms with Crippen molar-refractivity contribution in [1.82, 2.24) is 4.98 Å². The third kappa shape index (κ3) is 3.23. The zero-order valence-corrected chi connectivity index (χ0v) is 12.6. The van der Waals surface area contributed by atoms with Gasteiger partial charge in [0, 0.05) is 11.4 Å². The largest absolute Gasteiger partial charge is 0.365 e. The SMILES string of the molecule is NC(=O)c1c(NC(=O)c2csc(Br)n2)cccc1[N+](=O)[O-]. The molecule has 1 aromatic heterocycles. The molecule has 2 amide bonds. The maximum atomic E-state index is 12.0. The van der Waals surface area contributed by atoms with Gasteiger partial charge >= 0.3 is 0 Å². The normalized spacial score (nSPS) is 10.1. The van der Waals surface area contributed by atoms with Crippen molar-refractivity contribution in [2.75, 3.05) is 5.32 Å². The summed E-state index contributed by atoms with van der Waals surface area (Å²) in [5, 5.41) is 14.8. The van der Waals surface area contributed by atoms with E-state index in [9.17, 15) is 19.7 Å². The van der Waals surface area contributed by atoms with Gasteiger partial charge in [0.25, 0.3) is 17.5 Å². The van der Waals surface area contributed by atoms with Crippen molar-refractivity contribution in [1.29, 1.82) is 0 Å². The highest BCUT2D eigenvalue weighted by Crippen LogP contribution is 2.26. The first-order chi connectivity index (χ1) is 9.90. The number of carbonyl (C=O) groups excluding carboxylic acids is 2. The molecule has 2 rings (SSSR count). The van der Waals surface area contributed by atoms with E-state index in [1.54, 1.807) is 0 Å². The average Bonchev–Trinajstić information content (AvgIpc) is 2.84.